The van der Waals surface area contributed by atoms with Crippen molar-refractivity contribution >= 4 is 23.4 Å². The van der Waals surface area contributed by atoms with E-state index in [0.29, 0.717) is 22.4 Å². The van der Waals surface area contributed by atoms with Gasteiger partial charge in [0.25, 0.3) is 11.8 Å². The Balaban J connectivity index is 1.75. The highest BCUT2D eigenvalue weighted by molar-refractivity contribution is 6.32. The summed E-state index contributed by atoms with van der Waals surface area (Å²) in [6.07, 6.45) is -0.778. The Morgan fingerprint density at radius 1 is 1.00 bits per heavy atom. The van der Waals surface area contributed by atoms with Crippen molar-refractivity contribution in [2.45, 2.75) is 32.8 Å². The lowest BCUT2D eigenvalue weighted by atomic mass is 10.0. The number of carbonyl (C=O) groups is 2. The fourth-order valence-electron chi connectivity index (χ4n) is 2.16. The second-order valence-corrected chi connectivity index (χ2v) is 6.65. The van der Waals surface area contributed by atoms with Crippen LogP contribution in [-0.4, -0.2) is 24.5 Å². The van der Waals surface area contributed by atoms with Crippen LogP contribution in [0.3, 0.4) is 0 Å². The zero-order valence-corrected chi connectivity index (χ0v) is 16.2. The van der Waals surface area contributed by atoms with Crippen LogP contribution >= 0.6 is 11.6 Å². The summed E-state index contributed by atoms with van der Waals surface area (Å²) in [5.74, 6) is 0.395. The summed E-state index contributed by atoms with van der Waals surface area (Å²) < 4.78 is 10.9. The molecule has 0 spiro atoms. The molecule has 2 rings (SSSR count). The maximum atomic E-state index is 12.0. The largest absolute Gasteiger partial charge is 0.482 e. The number of hydrogen-bond donors (Lipinski definition) is 2. The molecule has 0 aliphatic carbocycles. The number of hydrazine groups is 1. The minimum atomic E-state index is -0.778. The quantitative estimate of drug-likeness (QED) is 0.710. The van der Waals surface area contributed by atoms with Gasteiger partial charge >= 0.3 is 0 Å². The zero-order valence-electron chi connectivity index (χ0n) is 15.5. The van der Waals surface area contributed by atoms with Gasteiger partial charge in [-0.3, -0.25) is 20.4 Å². The summed E-state index contributed by atoms with van der Waals surface area (Å²) >= 11 is 5.94. The van der Waals surface area contributed by atoms with Crippen molar-refractivity contribution in [2.24, 2.45) is 0 Å². The van der Waals surface area contributed by atoms with Crippen LogP contribution in [0.1, 0.15) is 32.3 Å². The van der Waals surface area contributed by atoms with E-state index < -0.39 is 17.9 Å². The second-order valence-electron chi connectivity index (χ2n) is 6.24. The lowest BCUT2D eigenvalue weighted by molar-refractivity contribution is -0.133. The predicted octanol–water partition coefficient (Wildman–Crippen LogP) is 3.46. The first-order valence-electron chi connectivity index (χ1n) is 8.59. The molecule has 0 bridgehead atoms. The highest BCUT2D eigenvalue weighted by Gasteiger charge is 2.16. The fourth-order valence-corrected chi connectivity index (χ4v) is 2.35. The maximum absolute atomic E-state index is 12.0. The highest BCUT2D eigenvalue weighted by atomic mass is 35.5. The van der Waals surface area contributed by atoms with E-state index in [0.717, 1.165) is 0 Å². The van der Waals surface area contributed by atoms with Gasteiger partial charge in [-0.15, -0.1) is 0 Å². The van der Waals surface area contributed by atoms with E-state index in [1.165, 1.54) is 5.56 Å². The van der Waals surface area contributed by atoms with Crippen LogP contribution in [0.4, 0.5) is 0 Å². The Morgan fingerprint density at radius 3 is 2.30 bits per heavy atom. The van der Waals surface area contributed by atoms with Gasteiger partial charge in [0.2, 0.25) is 0 Å². The number of halogens is 1. The number of nitrogens with one attached hydrogen (secondary N) is 2. The SMILES string of the molecule is CC(Oc1ccc(C(C)C)cc1)C(=O)NNC(=O)COc1ccccc1Cl. The van der Waals surface area contributed by atoms with Crippen molar-refractivity contribution in [3.05, 3.63) is 59.1 Å². The van der Waals surface area contributed by atoms with Crippen LogP contribution in [0.5, 0.6) is 11.5 Å². The van der Waals surface area contributed by atoms with E-state index in [9.17, 15) is 9.59 Å². The molecule has 1 unspecified atom stereocenters. The molecule has 2 aromatic rings. The van der Waals surface area contributed by atoms with E-state index in [2.05, 4.69) is 24.7 Å². The van der Waals surface area contributed by atoms with E-state index in [1.54, 1.807) is 31.2 Å². The average Bonchev–Trinajstić information content (AvgIpc) is 2.65. The molecule has 27 heavy (non-hydrogen) atoms. The molecule has 2 N–H and O–H groups in total. The number of rotatable bonds is 7. The molecule has 0 aliphatic heterocycles. The number of amides is 2. The van der Waals surface area contributed by atoms with Crippen molar-refractivity contribution in [3.63, 3.8) is 0 Å². The van der Waals surface area contributed by atoms with Gasteiger partial charge in [0.05, 0.1) is 5.02 Å². The lowest BCUT2D eigenvalue weighted by Crippen LogP contribution is -2.48. The number of hydrogen-bond acceptors (Lipinski definition) is 4. The number of carbonyl (C=O) groups excluding carboxylic acids is 2. The van der Waals surface area contributed by atoms with E-state index in [-0.39, 0.29) is 6.61 Å². The van der Waals surface area contributed by atoms with Crippen molar-refractivity contribution in [3.8, 4) is 11.5 Å². The monoisotopic (exact) mass is 390 g/mol. The molecule has 7 heteroatoms. The summed E-state index contributed by atoms with van der Waals surface area (Å²) in [6, 6.07) is 14.3. The molecule has 0 radical (unpaired) electrons. The molecule has 1 atom stereocenters. The molecular weight excluding hydrogens is 368 g/mol. The molecule has 2 amide bonds. The minimum Gasteiger partial charge on any atom is -0.482 e. The van der Waals surface area contributed by atoms with Crippen LogP contribution in [0.15, 0.2) is 48.5 Å². The van der Waals surface area contributed by atoms with Crippen LogP contribution in [0.2, 0.25) is 5.02 Å². The van der Waals surface area contributed by atoms with Crippen LogP contribution in [-0.2, 0) is 9.59 Å². The summed E-state index contributed by atoms with van der Waals surface area (Å²) in [5.41, 5.74) is 5.77. The van der Waals surface area contributed by atoms with Gasteiger partial charge in [-0.05, 0) is 42.7 Å². The number of benzene rings is 2. The molecule has 0 aromatic heterocycles. The van der Waals surface area contributed by atoms with Gasteiger partial charge in [-0.2, -0.15) is 0 Å². The van der Waals surface area contributed by atoms with Crippen molar-refractivity contribution in [1.82, 2.24) is 10.9 Å². The summed E-state index contributed by atoms with van der Waals surface area (Å²) in [7, 11) is 0. The summed E-state index contributed by atoms with van der Waals surface area (Å²) in [5, 5.41) is 0.403. The Kier molecular flexibility index (Phi) is 7.49. The van der Waals surface area contributed by atoms with E-state index >= 15 is 0 Å². The maximum Gasteiger partial charge on any atom is 0.279 e. The predicted molar refractivity (Wildman–Crippen MR) is 104 cm³/mol. The third-order valence-corrected chi connectivity index (χ3v) is 4.06. The standard InChI is InChI=1S/C20H23ClN2O4/c1-13(2)15-8-10-16(11-9-15)27-14(3)20(25)23-22-19(24)12-26-18-7-5-4-6-17(18)21/h4-11,13-14H,12H2,1-3H3,(H,22,24)(H,23,25). The molecule has 6 nitrogen and oxygen atoms in total. The lowest BCUT2D eigenvalue weighted by Gasteiger charge is -2.16. The topological polar surface area (TPSA) is 76.7 Å². The third-order valence-electron chi connectivity index (χ3n) is 3.75. The van der Waals surface area contributed by atoms with Crippen molar-refractivity contribution in [1.29, 1.82) is 0 Å². The minimum absolute atomic E-state index is 0.282. The van der Waals surface area contributed by atoms with Gasteiger partial charge < -0.3 is 9.47 Å². The van der Waals surface area contributed by atoms with E-state index in [4.69, 9.17) is 21.1 Å². The van der Waals surface area contributed by atoms with Gasteiger partial charge in [0.1, 0.15) is 11.5 Å². The molecule has 144 valence electrons. The van der Waals surface area contributed by atoms with Gasteiger partial charge in [0.15, 0.2) is 12.7 Å². The molecule has 0 aliphatic rings. The van der Waals surface area contributed by atoms with Crippen molar-refractivity contribution in [2.75, 3.05) is 6.61 Å². The first-order chi connectivity index (χ1) is 12.9. The highest BCUT2D eigenvalue weighted by Crippen LogP contribution is 2.22. The van der Waals surface area contributed by atoms with Crippen LogP contribution < -0.4 is 20.3 Å². The second kappa shape index (κ2) is 9.83. The number of para-hydroxylation sites is 1. The molecule has 2 aromatic carbocycles. The molecule has 0 heterocycles. The number of ether oxygens (including phenoxy) is 2. The fraction of sp³-hybridized carbons (Fsp3) is 0.300. The summed E-state index contributed by atoms with van der Waals surface area (Å²) in [4.78, 5) is 23.8. The first-order valence-corrected chi connectivity index (χ1v) is 8.97. The van der Waals surface area contributed by atoms with Crippen LogP contribution in [0.25, 0.3) is 0 Å². The molecular formula is C20H23ClN2O4. The van der Waals surface area contributed by atoms with E-state index in [1.807, 2.05) is 24.3 Å². The summed E-state index contributed by atoms with van der Waals surface area (Å²) in [6.45, 7) is 5.52. The van der Waals surface area contributed by atoms with Gasteiger partial charge in [0, 0.05) is 0 Å². The Labute approximate surface area is 163 Å². The van der Waals surface area contributed by atoms with Gasteiger partial charge in [-0.25, -0.2) is 0 Å². The zero-order chi connectivity index (χ0) is 19.8. The smallest absolute Gasteiger partial charge is 0.279 e. The van der Waals surface area contributed by atoms with Gasteiger partial charge in [-0.1, -0.05) is 49.7 Å². The van der Waals surface area contributed by atoms with Crippen molar-refractivity contribution < 1.29 is 19.1 Å². The Morgan fingerprint density at radius 2 is 1.67 bits per heavy atom. The average molecular weight is 391 g/mol. The Hall–Kier alpha value is -2.73. The Bertz CT molecular complexity index is 778. The first kappa shape index (κ1) is 20.6. The normalized spacial score (nSPS) is 11.6. The molecule has 0 saturated carbocycles. The molecule has 0 fully saturated rings. The van der Waals surface area contributed by atoms with Crippen LogP contribution in [0, 0.1) is 0 Å². The molecule has 0 saturated heterocycles. The third kappa shape index (κ3) is 6.49.